The van der Waals surface area contributed by atoms with Crippen LogP contribution in [0.5, 0.6) is 11.5 Å². The van der Waals surface area contributed by atoms with Crippen LogP contribution in [-0.4, -0.2) is 17.7 Å². The van der Waals surface area contributed by atoms with E-state index in [1.54, 1.807) is 18.2 Å². The molecule has 1 fully saturated rings. The highest BCUT2D eigenvalue weighted by molar-refractivity contribution is 6.19. The lowest BCUT2D eigenvalue weighted by Gasteiger charge is -2.29. The molecular weight excluding hydrogens is 332 g/mol. The van der Waals surface area contributed by atoms with Crippen molar-refractivity contribution >= 4 is 18.0 Å². The molecule has 3 rings (SSSR count). The molecule has 26 heavy (non-hydrogen) atoms. The molecule has 0 aromatic heterocycles. The minimum Gasteiger partial charge on any atom is -0.457 e. The SMILES string of the molecule is Cc1ccc(Oc2ccccc2C=C2C(=O)OC(C)(C)OC2=O)cc1C. The van der Waals surface area contributed by atoms with Crippen LogP contribution in [-0.2, 0) is 19.1 Å². The molecule has 0 spiro atoms. The maximum Gasteiger partial charge on any atom is 0.348 e. The van der Waals surface area contributed by atoms with Gasteiger partial charge in [0.05, 0.1) is 0 Å². The van der Waals surface area contributed by atoms with Gasteiger partial charge in [0, 0.05) is 19.4 Å². The normalized spacial score (nSPS) is 15.9. The van der Waals surface area contributed by atoms with Gasteiger partial charge in [-0.3, -0.25) is 0 Å². The fourth-order valence-corrected chi connectivity index (χ4v) is 2.53. The molecule has 0 radical (unpaired) electrons. The third kappa shape index (κ3) is 3.77. The van der Waals surface area contributed by atoms with Crippen molar-refractivity contribution in [3.05, 3.63) is 64.7 Å². The minimum atomic E-state index is -1.26. The van der Waals surface area contributed by atoms with Crippen molar-refractivity contribution in [1.29, 1.82) is 0 Å². The average molecular weight is 352 g/mol. The van der Waals surface area contributed by atoms with Gasteiger partial charge >= 0.3 is 11.9 Å². The summed E-state index contributed by atoms with van der Waals surface area (Å²) < 4.78 is 16.2. The first kappa shape index (κ1) is 17.7. The zero-order valence-electron chi connectivity index (χ0n) is 15.2. The third-order valence-electron chi connectivity index (χ3n) is 4.04. The number of hydrogen-bond acceptors (Lipinski definition) is 5. The summed E-state index contributed by atoms with van der Waals surface area (Å²) in [5.41, 5.74) is 2.69. The van der Waals surface area contributed by atoms with Crippen molar-refractivity contribution in [1.82, 2.24) is 0 Å². The Morgan fingerprint density at radius 1 is 0.923 bits per heavy atom. The van der Waals surface area contributed by atoms with Crippen molar-refractivity contribution in [3.63, 3.8) is 0 Å². The molecule has 5 nitrogen and oxygen atoms in total. The topological polar surface area (TPSA) is 61.8 Å². The molecule has 1 heterocycles. The van der Waals surface area contributed by atoms with Gasteiger partial charge in [0.1, 0.15) is 17.1 Å². The molecule has 0 atom stereocenters. The van der Waals surface area contributed by atoms with E-state index in [1.165, 1.54) is 25.5 Å². The predicted octanol–water partition coefficient (Wildman–Crippen LogP) is 4.32. The van der Waals surface area contributed by atoms with Gasteiger partial charge in [-0.15, -0.1) is 0 Å². The second-order valence-corrected chi connectivity index (χ2v) is 6.62. The highest BCUT2D eigenvalue weighted by Crippen LogP contribution is 2.30. The Bertz CT molecular complexity index is 886. The summed E-state index contributed by atoms with van der Waals surface area (Å²) in [5.74, 6) is -1.50. The number of carbonyl (C=O) groups is 2. The van der Waals surface area contributed by atoms with E-state index < -0.39 is 17.7 Å². The highest BCUT2D eigenvalue weighted by atomic mass is 16.7. The van der Waals surface area contributed by atoms with E-state index in [4.69, 9.17) is 14.2 Å². The summed E-state index contributed by atoms with van der Waals surface area (Å²) in [6.45, 7) is 7.05. The van der Waals surface area contributed by atoms with E-state index in [0.717, 1.165) is 5.56 Å². The number of para-hydroxylation sites is 1. The van der Waals surface area contributed by atoms with Crippen LogP contribution < -0.4 is 4.74 Å². The number of rotatable bonds is 3. The Morgan fingerprint density at radius 3 is 2.23 bits per heavy atom. The number of cyclic esters (lactones) is 2. The minimum absolute atomic E-state index is 0.166. The summed E-state index contributed by atoms with van der Waals surface area (Å²) >= 11 is 0. The van der Waals surface area contributed by atoms with Crippen LogP contribution in [0.3, 0.4) is 0 Å². The Morgan fingerprint density at radius 2 is 1.58 bits per heavy atom. The first-order valence-corrected chi connectivity index (χ1v) is 8.28. The molecule has 1 aliphatic rings. The molecule has 0 unspecified atom stereocenters. The monoisotopic (exact) mass is 352 g/mol. The molecular formula is C21H20O5. The maximum atomic E-state index is 12.1. The largest absolute Gasteiger partial charge is 0.457 e. The number of hydrogen-bond donors (Lipinski definition) is 0. The van der Waals surface area contributed by atoms with Crippen molar-refractivity contribution in [2.75, 3.05) is 0 Å². The summed E-state index contributed by atoms with van der Waals surface area (Å²) in [7, 11) is 0. The van der Waals surface area contributed by atoms with Crippen LogP contribution in [0.2, 0.25) is 0 Å². The lowest BCUT2D eigenvalue weighted by atomic mass is 10.1. The molecule has 1 saturated heterocycles. The average Bonchev–Trinajstić information content (AvgIpc) is 2.55. The standard InChI is InChI=1S/C21H20O5/c1-13-9-10-16(11-14(13)2)24-18-8-6-5-7-15(18)12-17-19(22)25-21(3,4)26-20(17)23/h5-12H,1-4H3. The summed E-state index contributed by atoms with van der Waals surface area (Å²) in [6, 6.07) is 12.9. The second-order valence-electron chi connectivity index (χ2n) is 6.62. The third-order valence-corrected chi connectivity index (χ3v) is 4.04. The lowest BCUT2D eigenvalue weighted by Crippen LogP contribution is -2.41. The molecule has 5 heteroatoms. The van der Waals surface area contributed by atoms with Gasteiger partial charge in [0.15, 0.2) is 0 Å². The lowest BCUT2D eigenvalue weighted by molar-refractivity contribution is -0.222. The Labute approximate surface area is 152 Å². The highest BCUT2D eigenvalue weighted by Gasteiger charge is 2.38. The van der Waals surface area contributed by atoms with Gasteiger partial charge < -0.3 is 14.2 Å². The molecule has 0 aliphatic carbocycles. The number of benzene rings is 2. The van der Waals surface area contributed by atoms with Crippen LogP contribution in [0.4, 0.5) is 0 Å². The first-order chi connectivity index (χ1) is 12.2. The summed E-state index contributed by atoms with van der Waals surface area (Å²) in [5, 5.41) is 0. The van der Waals surface area contributed by atoms with Crippen LogP contribution in [0, 0.1) is 13.8 Å². The van der Waals surface area contributed by atoms with Crippen LogP contribution >= 0.6 is 0 Å². The van der Waals surface area contributed by atoms with Crippen molar-refractivity contribution in [2.45, 2.75) is 33.5 Å². The van der Waals surface area contributed by atoms with Gasteiger partial charge in [-0.2, -0.15) is 0 Å². The summed E-state index contributed by atoms with van der Waals surface area (Å²) in [6.07, 6.45) is 1.43. The van der Waals surface area contributed by atoms with E-state index in [2.05, 4.69) is 0 Å². The number of ether oxygens (including phenoxy) is 3. The van der Waals surface area contributed by atoms with Crippen LogP contribution in [0.1, 0.15) is 30.5 Å². The molecule has 1 aliphatic heterocycles. The number of aryl methyl sites for hydroxylation is 2. The van der Waals surface area contributed by atoms with E-state index in [-0.39, 0.29) is 5.57 Å². The van der Waals surface area contributed by atoms with Crippen molar-refractivity contribution < 1.29 is 23.8 Å². The van der Waals surface area contributed by atoms with Gasteiger partial charge in [-0.05, 0) is 49.2 Å². The smallest absolute Gasteiger partial charge is 0.348 e. The summed E-state index contributed by atoms with van der Waals surface area (Å²) in [4.78, 5) is 24.3. The molecule has 2 aromatic rings. The van der Waals surface area contributed by atoms with Gasteiger partial charge in [0.25, 0.3) is 5.79 Å². The van der Waals surface area contributed by atoms with Gasteiger partial charge in [-0.1, -0.05) is 24.3 Å². The van der Waals surface area contributed by atoms with E-state index in [0.29, 0.717) is 17.1 Å². The molecule has 134 valence electrons. The number of carbonyl (C=O) groups excluding carboxylic acids is 2. The van der Waals surface area contributed by atoms with Crippen molar-refractivity contribution in [2.24, 2.45) is 0 Å². The van der Waals surface area contributed by atoms with E-state index >= 15 is 0 Å². The fraction of sp³-hybridized carbons (Fsp3) is 0.238. The van der Waals surface area contributed by atoms with E-state index in [9.17, 15) is 9.59 Å². The quantitative estimate of drug-likeness (QED) is 0.468. The molecule has 0 bridgehead atoms. The Balaban J connectivity index is 1.93. The Kier molecular flexibility index (Phi) is 4.55. The van der Waals surface area contributed by atoms with Gasteiger partial charge in [0.2, 0.25) is 0 Å². The maximum absolute atomic E-state index is 12.1. The molecule has 2 aromatic carbocycles. The second kappa shape index (κ2) is 6.67. The molecule has 0 N–H and O–H groups in total. The molecule has 0 saturated carbocycles. The number of esters is 2. The van der Waals surface area contributed by atoms with E-state index in [1.807, 2.05) is 38.1 Å². The van der Waals surface area contributed by atoms with Gasteiger partial charge in [-0.25, -0.2) is 9.59 Å². The predicted molar refractivity (Wildman–Crippen MR) is 96.7 cm³/mol. The fourth-order valence-electron chi connectivity index (χ4n) is 2.53. The van der Waals surface area contributed by atoms with Crippen LogP contribution in [0.25, 0.3) is 6.08 Å². The van der Waals surface area contributed by atoms with Crippen LogP contribution in [0.15, 0.2) is 48.0 Å². The zero-order valence-corrected chi connectivity index (χ0v) is 15.2. The Hall–Kier alpha value is -3.08. The van der Waals surface area contributed by atoms with Crippen molar-refractivity contribution in [3.8, 4) is 11.5 Å². The molecule has 0 amide bonds. The zero-order chi connectivity index (χ0) is 18.9. The first-order valence-electron chi connectivity index (χ1n) is 8.28.